The Labute approximate surface area is 184 Å². The maximum atomic E-state index is 12.4. The zero-order chi connectivity index (χ0) is 23.0. The van der Waals surface area contributed by atoms with Crippen molar-refractivity contribution < 1.29 is 22.7 Å². The molecule has 7 nitrogen and oxygen atoms in total. The Morgan fingerprint density at radius 3 is 2.16 bits per heavy atom. The Morgan fingerprint density at radius 1 is 0.968 bits per heavy atom. The summed E-state index contributed by atoms with van der Waals surface area (Å²) in [7, 11) is -3.88. The van der Waals surface area contributed by atoms with Gasteiger partial charge in [-0.25, -0.2) is 8.42 Å². The van der Waals surface area contributed by atoms with Crippen molar-refractivity contribution in [1.29, 1.82) is 0 Å². The van der Waals surface area contributed by atoms with Crippen LogP contribution in [-0.2, 0) is 24.3 Å². The number of hydrogen-bond donors (Lipinski definition) is 2. The molecule has 0 aliphatic heterocycles. The number of rotatable bonds is 10. The second-order valence-electron chi connectivity index (χ2n) is 7.92. The average Bonchev–Trinajstić information content (AvgIpc) is 2.71. The Morgan fingerprint density at radius 2 is 1.58 bits per heavy atom. The molecule has 2 N–H and O–H groups in total. The Hall–Kier alpha value is -2.71. The zero-order valence-corrected chi connectivity index (χ0v) is 19.1. The van der Waals surface area contributed by atoms with Crippen molar-refractivity contribution >= 4 is 21.9 Å². The minimum atomic E-state index is -3.88. The van der Waals surface area contributed by atoms with Crippen LogP contribution < -0.4 is 10.0 Å². The van der Waals surface area contributed by atoms with E-state index in [0.717, 1.165) is 17.5 Å². The number of carbonyl (C=O) groups excluding carboxylic acids is 2. The molecule has 0 aliphatic carbocycles. The summed E-state index contributed by atoms with van der Waals surface area (Å²) in [5, 5.41) is 2.88. The summed E-state index contributed by atoms with van der Waals surface area (Å²) in [4.78, 5) is 24.6. The molecule has 0 unspecified atom stereocenters. The van der Waals surface area contributed by atoms with E-state index in [1.807, 2.05) is 37.3 Å². The number of benzene rings is 2. The van der Waals surface area contributed by atoms with Gasteiger partial charge in [0.05, 0.1) is 10.9 Å². The molecule has 0 spiro atoms. The van der Waals surface area contributed by atoms with E-state index >= 15 is 0 Å². The third-order valence-electron chi connectivity index (χ3n) is 4.61. The van der Waals surface area contributed by atoms with E-state index in [4.69, 9.17) is 4.74 Å². The molecule has 0 fully saturated rings. The van der Waals surface area contributed by atoms with Crippen LogP contribution in [0.2, 0.25) is 0 Å². The summed E-state index contributed by atoms with van der Waals surface area (Å²) in [6, 6.07) is 14.5. The first-order valence-electron chi connectivity index (χ1n) is 10.2. The first-order valence-corrected chi connectivity index (χ1v) is 11.7. The van der Waals surface area contributed by atoms with Crippen molar-refractivity contribution in [3.8, 4) is 0 Å². The number of carbonyl (C=O) groups is 2. The highest BCUT2D eigenvalue weighted by molar-refractivity contribution is 7.89. The molecular formula is C23H30N2O5S. The van der Waals surface area contributed by atoms with Crippen LogP contribution in [-0.4, -0.2) is 32.9 Å². The van der Waals surface area contributed by atoms with E-state index in [9.17, 15) is 18.0 Å². The van der Waals surface area contributed by atoms with Gasteiger partial charge in [0.1, 0.15) is 6.04 Å². The average molecular weight is 447 g/mol. The van der Waals surface area contributed by atoms with E-state index < -0.39 is 34.5 Å². The standard InChI is InChI=1S/C23H30N2O5S/c1-16(2)14-21(19-8-6-5-7-9-19)24-22(26)15-30-23(27)18(4)25-31(28,29)20-12-10-17(3)11-13-20/h5-13,16,18,21,25H,14-15H2,1-4H3,(H,24,26)/t18-,21+/m1/s1. The highest BCUT2D eigenvalue weighted by Gasteiger charge is 2.24. The second-order valence-corrected chi connectivity index (χ2v) is 9.64. The molecule has 1 amide bonds. The van der Waals surface area contributed by atoms with E-state index in [2.05, 4.69) is 23.9 Å². The fraction of sp³-hybridized carbons (Fsp3) is 0.391. The van der Waals surface area contributed by atoms with Crippen LogP contribution >= 0.6 is 0 Å². The molecule has 2 atom stereocenters. The van der Waals surface area contributed by atoms with Gasteiger partial charge < -0.3 is 10.1 Å². The van der Waals surface area contributed by atoms with E-state index in [0.29, 0.717) is 5.92 Å². The third-order valence-corrected chi connectivity index (χ3v) is 6.16. The zero-order valence-electron chi connectivity index (χ0n) is 18.3. The number of ether oxygens (including phenoxy) is 1. The molecule has 0 bridgehead atoms. The van der Waals surface area contributed by atoms with Gasteiger partial charge in [0.2, 0.25) is 10.0 Å². The number of aryl methyl sites for hydroxylation is 1. The molecule has 0 aliphatic rings. The maximum Gasteiger partial charge on any atom is 0.324 e. The van der Waals surface area contributed by atoms with Gasteiger partial charge in [0.15, 0.2) is 6.61 Å². The highest BCUT2D eigenvalue weighted by Crippen LogP contribution is 2.21. The van der Waals surface area contributed by atoms with Crippen LogP contribution in [0.4, 0.5) is 0 Å². The molecule has 2 rings (SSSR count). The van der Waals surface area contributed by atoms with Crippen LogP contribution in [0.5, 0.6) is 0 Å². The van der Waals surface area contributed by atoms with Gasteiger partial charge in [-0.15, -0.1) is 0 Å². The smallest absolute Gasteiger partial charge is 0.324 e. The van der Waals surface area contributed by atoms with Gasteiger partial charge >= 0.3 is 5.97 Å². The van der Waals surface area contributed by atoms with Crippen molar-refractivity contribution in [3.05, 3.63) is 65.7 Å². The lowest BCUT2D eigenvalue weighted by Crippen LogP contribution is -2.41. The summed E-state index contributed by atoms with van der Waals surface area (Å²) in [6.45, 7) is 6.85. The largest absolute Gasteiger partial charge is 0.454 e. The molecule has 0 aromatic heterocycles. The van der Waals surface area contributed by atoms with Gasteiger partial charge in [-0.05, 0) is 43.9 Å². The van der Waals surface area contributed by atoms with Crippen LogP contribution in [0, 0.1) is 12.8 Å². The predicted octanol–water partition coefficient (Wildman–Crippen LogP) is 3.11. The molecule has 168 valence electrons. The summed E-state index contributed by atoms with van der Waals surface area (Å²) >= 11 is 0. The normalized spacial score (nSPS) is 13.5. The number of esters is 1. The van der Waals surface area contributed by atoms with Gasteiger partial charge in [-0.1, -0.05) is 61.9 Å². The van der Waals surface area contributed by atoms with Crippen molar-refractivity contribution in [2.75, 3.05) is 6.61 Å². The van der Waals surface area contributed by atoms with Gasteiger partial charge in [-0.2, -0.15) is 4.72 Å². The predicted molar refractivity (Wildman–Crippen MR) is 119 cm³/mol. The topological polar surface area (TPSA) is 102 Å². The minimum Gasteiger partial charge on any atom is -0.454 e. The van der Waals surface area contributed by atoms with Crippen LogP contribution in [0.25, 0.3) is 0 Å². The first-order chi connectivity index (χ1) is 14.6. The van der Waals surface area contributed by atoms with Crippen LogP contribution in [0.1, 0.15) is 44.4 Å². The molecule has 31 heavy (non-hydrogen) atoms. The maximum absolute atomic E-state index is 12.4. The van der Waals surface area contributed by atoms with Gasteiger partial charge in [0.25, 0.3) is 5.91 Å². The van der Waals surface area contributed by atoms with Gasteiger partial charge in [0, 0.05) is 0 Å². The van der Waals surface area contributed by atoms with E-state index in [1.165, 1.54) is 19.1 Å². The summed E-state index contributed by atoms with van der Waals surface area (Å²) in [5.41, 5.74) is 1.89. The van der Waals surface area contributed by atoms with Crippen LogP contribution in [0.15, 0.2) is 59.5 Å². The van der Waals surface area contributed by atoms with E-state index in [-0.39, 0.29) is 10.9 Å². The quantitative estimate of drug-likeness (QED) is 0.546. The lowest BCUT2D eigenvalue weighted by Gasteiger charge is -2.21. The molecule has 0 radical (unpaired) electrons. The first kappa shape index (κ1) is 24.6. The molecule has 2 aromatic rings. The molecular weight excluding hydrogens is 416 g/mol. The van der Waals surface area contributed by atoms with Crippen molar-refractivity contribution in [1.82, 2.24) is 10.0 Å². The Kier molecular flexibility index (Phi) is 8.76. The van der Waals surface area contributed by atoms with Crippen molar-refractivity contribution in [2.45, 2.75) is 51.1 Å². The van der Waals surface area contributed by atoms with Gasteiger partial charge in [-0.3, -0.25) is 9.59 Å². The minimum absolute atomic E-state index is 0.0508. The number of amides is 1. The fourth-order valence-electron chi connectivity index (χ4n) is 3.00. The molecule has 8 heteroatoms. The summed E-state index contributed by atoms with van der Waals surface area (Å²) < 4.78 is 32.1. The Bertz CT molecular complexity index is 973. The fourth-order valence-corrected chi connectivity index (χ4v) is 4.19. The molecule has 0 saturated heterocycles. The second kappa shape index (κ2) is 11.1. The molecule has 2 aromatic carbocycles. The monoisotopic (exact) mass is 446 g/mol. The molecule has 0 heterocycles. The van der Waals surface area contributed by atoms with Crippen molar-refractivity contribution in [2.24, 2.45) is 5.92 Å². The lowest BCUT2D eigenvalue weighted by molar-refractivity contribution is -0.150. The summed E-state index contributed by atoms with van der Waals surface area (Å²) in [5.74, 6) is -0.924. The number of nitrogens with one attached hydrogen (secondary N) is 2. The SMILES string of the molecule is Cc1ccc(S(=O)(=O)N[C@H](C)C(=O)OCC(=O)N[C@@H](CC(C)C)c2ccccc2)cc1. The highest BCUT2D eigenvalue weighted by atomic mass is 32.2. The Balaban J connectivity index is 1.91. The summed E-state index contributed by atoms with van der Waals surface area (Å²) in [6.07, 6.45) is 0.733. The molecule has 0 saturated carbocycles. The van der Waals surface area contributed by atoms with E-state index in [1.54, 1.807) is 12.1 Å². The van der Waals surface area contributed by atoms with Crippen molar-refractivity contribution in [3.63, 3.8) is 0 Å². The van der Waals surface area contributed by atoms with Crippen LogP contribution in [0.3, 0.4) is 0 Å². The number of sulfonamides is 1. The number of hydrogen-bond acceptors (Lipinski definition) is 5. The third kappa shape index (κ3) is 7.80. The lowest BCUT2D eigenvalue weighted by atomic mass is 9.97.